The van der Waals surface area contributed by atoms with Crippen LogP contribution in [0.25, 0.3) is 0 Å². The molecule has 0 amide bonds. The number of aryl methyl sites for hydroxylation is 1. The van der Waals surface area contributed by atoms with Gasteiger partial charge in [0.15, 0.2) is 0 Å². The number of pyridine rings is 1. The zero-order valence-electron chi connectivity index (χ0n) is 7.46. The Morgan fingerprint density at radius 1 is 1.64 bits per heavy atom. The van der Waals surface area contributed by atoms with Crippen LogP contribution in [0.15, 0.2) is 6.07 Å². The lowest BCUT2D eigenvalue weighted by molar-refractivity contribution is 0.146. The lowest BCUT2D eigenvalue weighted by Crippen LogP contribution is -2.02. The van der Waals surface area contributed by atoms with Gasteiger partial charge in [-0.2, -0.15) is 5.26 Å². The van der Waals surface area contributed by atoms with E-state index in [2.05, 4.69) is 4.98 Å². The number of halogens is 2. The van der Waals surface area contributed by atoms with Gasteiger partial charge in [0.05, 0.1) is 6.61 Å². The maximum absolute atomic E-state index is 12.5. The van der Waals surface area contributed by atoms with E-state index in [4.69, 9.17) is 10.4 Å². The summed E-state index contributed by atoms with van der Waals surface area (Å²) in [6.07, 6.45) is -2.70. The number of aliphatic hydroxyl groups excluding tert-OH is 1. The van der Waals surface area contributed by atoms with Crippen molar-refractivity contribution >= 4 is 0 Å². The molecule has 0 aliphatic carbocycles. The van der Waals surface area contributed by atoms with Crippen molar-refractivity contribution in [3.8, 4) is 6.07 Å². The Morgan fingerprint density at radius 3 is 2.71 bits per heavy atom. The molecule has 0 unspecified atom stereocenters. The third-order valence-corrected chi connectivity index (χ3v) is 1.79. The molecule has 0 aliphatic rings. The van der Waals surface area contributed by atoms with Gasteiger partial charge in [0.2, 0.25) is 0 Å². The van der Waals surface area contributed by atoms with E-state index in [9.17, 15) is 8.78 Å². The van der Waals surface area contributed by atoms with Gasteiger partial charge in [-0.25, -0.2) is 13.8 Å². The van der Waals surface area contributed by atoms with Crippen LogP contribution in [0.1, 0.15) is 28.9 Å². The second kappa shape index (κ2) is 4.11. The molecule has 0 fully saturated rings. The van der Waals surface area contributed by atoms with E-state index in [1.807, 2.05) is 0 Å². The van der Waals surface area contributed by atoms with E-state index in [0.717, 1.165) is 0 Å². The van der Waals surface area contributed by atoms with Crippen LogP contribution in [0.4, 0.5) is 8.78 Å². The van der Waals surface area contributed by atoms with E-state index >= 15 is 0 Å². The van der Waals surface area contributed by atoms with Gasteiger partial charge < -0.3 is 5.11 Å². The summed E-state index contributed by atoms with van der Waals surface area (Å²) in [6, 6.07) is 2.86. The van der Waals surface area contributed by atoms with Crippen LogP contribution in [0.2, 0.25) is 0 Å². The molecule has 0 atom stereocenters. The minimum atomic E-state index is -2.70. The largest absolute Gasteiger partial charge is 0.392 e. The first-order chi connectivity index (χ1) is 6.60. The highest BCUT2D eigenvalue weighted by atomic mass is 19.3. The zero-order chi connectivity index (χ0) is 10.7. The minimum Gasteiger partial charge on any atom is -0.392 e. The Morgan fingerprint density at radius 2 is 2.29 bits per heavy atom. The van der Waals surface area contributed by atoms with Crippen LogP contribution in [-0.4, -0.2) is 10.1 Å². The molecule has 14 heavy (non-hydrogen) atoms. The predicted octanol–water partition coefficient (Wildman–Crippen LogP) is 1.69. The monoisotopic (exact) mass is 198 g/mol. The van der Waals surface area contributed by atoms with Crippen LogP contribution in [-0.2, 0) is 6.61 Å². The van der Waals surface area contributed by atoms with Gasteiger partial charge in [-0.3, -0.25) is 0 Å². The Labute approximate surface area is 79.6 Å². The Balaban J connectivity index is 3.41. The molecule has 0 radical (unpaired) electrons. The molecule has 0 spiro atoms. The van der Waals surface area contributed by atoms with Crippen LogP contribution in [0.3, 0.4) is 0 Å². The fourth-order valence-corrected chi connectivity index (χ4v) is 1.18. The molecular weight excluding hydrogens is 190 g/mol. The fourth-order valence-electron chi connectivity index (χ4n) is 1.18. The van der Waals surface area contributed by atoms with Gasteiger partial charge in [0, 0.05) is 16.8 Å². The molecule has 5 heteroatoms. The number of aliphatic hydroxyl groups is 1. The lowest BCUT2D eigenvalue weighted by atomic mass is 10.1. The van der Waals surface area contributed by atoms with E-state index in [1.165, 1.54) is 13.0 Å². The van der Waals surface area contributed by atoms with Gasteiger partial charge >= 0.3 is 0 Å². The second-order valence-electron chi connectivity index (χ2n) is 2.75. The van der Waals surface area contributed by atoms with Gasteiger partial charge in [-0.1, -0.05) is 0 Å². The third kappa shape index (κ3) is 1.86. The van der Waals surface area contributed by atoms with Crippen molar-refractivity contribution in [2.45, 2.75) is 20.0 Å². The van der Waals surface area contributed by atoms with Crippen molar-refractivity contribution < 1.29 is 13.9 Å². The predicted molar refractivity (Wildman–Crippen MR) is 44.6 cm³/mol. The number of nitrogens with zero attached hydrogens (tertiary/aromatic N) is 2. The summed E-state index contributed by atoms with van der Waals surface area (Å²) >= 11 is 0. The highest BCUT2D eigenvalue weighted by Crippen LogP contribution is 2.25. The average Bonchev–Trinajstić information content (AvgIpc) is 2.16. The maximum Gasteiger partial charge on any atom is 0.264 e. The van der Waals surface area contributed by atoms with Crippen LogP contribution < -0.4 is 0 Å². The van der Waals surface area contributed by atoms with Crippen LogP contribution in [0, 0.1) is 18.3 Å². The molecule has 3 nitrogen and oxygen atoms in total. The van der Waals surface area contributed by atoms with Gasteiger partial charge in [0.25, 0.3) is 6.43 Å². The van der Waals surface area contributed by atoms with Crippen molar-refractivity contribution in [3.63, 3.8) is 0 Å². The summed E-state index contributed by atoms with van der Waals surface area (Å²) in [4.78, 5) is 3.75. The summed E-state index contributed by atoms with van der Waals surface area (Å²) in [5.74, 6) is 0. The standard InChI is InChI=1S/C9H8F2N2O/c1-5-2-6(9(10)11)7(4-14)8(3-12)13-5/h2,9,14H,4H2,1H3. The van der Waals surface area contributed by atoms with Crippen molar-refractivity contribution in [2.24, 2.45) is 0 Å². The smallest absolute Gasteiger partial charge is 0.264 e. The summed E-state index contributed by atoms with van der Waals surface area (Å²) < 4.78 is 24.9. The maximum atomic E-state index is 12.5. The molecule has 1 N–H and O–H groups in total. The first-order valence-corrected chi connectivity index (χ1v) is 3.89. The summed E-state index contributed by atoms with van der Waals surface area (Å²) in [7, 11) is 0. The average molecular weight is 198 g/mol. The van der Waals surface area contributed by atoms with Gasteiger partial charge in [0.1, 0.15) is 11.8 Å². The van der Waals surface area contributed by atoms with E-state index in [-0.39, 0.29) is 16.8 Å². The number of nitriles is 1. The number of aromatic nitrogens is 1. The molecule has 1 aromatic rings. The van der Waals surface area contributed by atoms with E-state index in [1.54, 1.807) is 6.07 Å². The second-order valence-corrected chi connectivity index (χ2v) is 2.75. The first kappa shape index (κ1) is 10.5. The topological polar surface area (TPSA) is 56.9 Å². The Bertz CT molecular complexity index is 385. The molecular formula is C9H8F2N2O. The van der Waals surface area contributed by atoms with Gasteiger partial charge in [-0.05, 0) is 13.0 Å². The van der Waals surface area contributed by atoms with Crippen molar-refractivity contribution in [3.05, 3.63) is 28.6 Å². The number of hydrogen-bond donors (Lipinski definition) is 1. The molecule has 1 heterocycles. The quantitative estimate of drug-likeness (QED) is 0.786. The molecule has 0 aromatic carbocycles. The van der Waals surface area contributed by atoms with Crippen molar-refractivity contribution in [1.29, 1.82) is 5.26 Å². The van der Waals surface area contributed by atoms with Gasteiger partial charge in [-0.15, -0.1) is 0 Å². The van der Waals surface area contributed by atoms with E-state index < -0.39 is 13.0 Å². The van der Waals surface area contributed by atoms with Crippen LogP contribution in [0.5, 0.6) is 0 Å². The summed E-state index contributed by atoms with van der Waals surface area (Å²) in [6.45, 7) is 0.920. The van der Waals surface area contributed by atoms with Crippen molar-refractivity contribution in [2.75, 3.05) is 0 Å². The SMILES string of the molecule is Cc1cc(C(F)F)c(CO)c(C#N)n1. The third-order valence-electron chi connectivity index (χ3n) is 1.79. The highest BCUT2D eigenvalue weighted by Gasteiger charge is 2.17. The molecule has 0 aliphatic heterocycles. The minimum absolute atomic E-state index is 0.0897. The fraction of sp³-hybridized carbons (Fsp3) is 0.333. The number of hydrogen-bond acceptors (Lipinski definition) is 3. The lowest BCUT2D eigenvalue weighted by Gasteiger charge is -2.08. The number of alkyl halides is 2. The molecule has 1 aromatic heterocycles. The summed E-state index contributed by atoms with van der Waals surface area (Å²) in [5.41, 5.74) is -0.207. The molecule has 0 bridgehead atoms. The van der Waals surface area contributed by atoms with Crippen LogP contribution >= 0.6 is 0 Å². The summed E-state index contributed by atoms with van der Waals surface area (Å²) in [5, 5.41) is 17.5. The number of rotatable bonds is 2. The van der Waals surface area contributed by atoms with Crippen molar-refractivity contribution in [1.82, 2.24) is 4.98 Å². The Hall–Kier alpha value is -1.54. The first-order valence-electron chi connectivity index (χ1n) is 3.89. The highest BCUT2D eigenvalue weighted by molar-refractivity contribution is 5.39. The molecule has 1 rings (SSSR count). The zero-order valence-corrected chi connectivity index (χ0v) is 7.46. The Kier molecular flexibility index (Phi) is 3.10. The molecule has 0 saturated carbocycles. The molecule has 74 valence electrons. The van der Waals surface area contributed by atoms with E-state index in [0.29, 0.717) is 5.69 Å². The normalized spacial score (nSPS) is 10.3. The molecule has 0 saturated heterocycles.